The highest BCUT2D eigenvalue weighted by molar-refractivity contribution is 6.11. The van der Waals surface area contributed by atoms with E-state index in [9.17, 15) is 9.59 Å². The van der Waals surface area contributed by atoms with E-state index in [1.807, 2.05) is 29.2 Å². The molecule has 1 saturated heterocycles. The number of carbonyl (C=O) groups excluding carboxylic acids is 2. The van der Waals surface area contributed by atoms with Crippen LogP contribution in [-0.4, -0.2) is 73.6 Å². The van der Waals surface area contributed by atoms with E-state index in [0.29, 0.717) is 30.4 Å². The third-order valence-corrected chi connectivity index (χ3v) is 7.72. The van der Waals surface area contributed by atoms with Gasteiger partial charge >= 0.3 is 0 Å². The molecule has 7 nitrogen and oxygen atoms in total. The van der Waals surface area contributed by atoms with E-state index in [2.05, 4.69) is 18.4 Å². The van der Waals surface area contributed by atoms with Crippen molar-refractivity contribution in [3.63, 3.8) is 0 Å². The lowest BCUT2D eigenvalue weighted by Crippen LogP contribution is -2.41. The zero-order valence-corrected chi connectivity index (χ0v) is 20.6. The van der Waals surface area contributed by atoms with E-state index in [1.165, 1.54) is 0 Å². The third kappa shape index (κ3) is 4.89. The van der Waals surface area contributed by atoms with Crippen molar-refractivity contribution in [1.29, 1.82) is 0 Å². The average molecular weight is 481 g/mol. The van der Waals surface area contributed by atoms with E-state index in [1.54, 1.807) is 6.08 Å². The van der Waals surface area contributed by atoms with Crippen molar-refractivity contribution in [1.82, 2.24) is 9.80 Å². The van der Waals surface area contributed by atoms with Crippen LogP contribution in [0.2, 0.25) is 0 Å². The Morgan fingerprint density at radius 2 is 2.00 bits per heavy atom. The van der Waals surface area contributed by atoms with Crippen LogP contribution in [0.15, 0.2) is 48.3 Å². The number of morpholine rings is 1. The fourth-order valence-electron chi connectivity index (χ4n) is 5.92. The van der Waals surface area contributed by atoms with Crippen LogP contribution < -0.4 is 4.74 Å². The predicted molar refractivity (Wildman–Crippen MR) is 132 cm³/mol. The van der Waals surface area contributed by atoms with Crippen LogP contribution in [0.5, 0.6) is 5.75 Å². The summed E-state index contributed by atoms with van der Waals surface area (Å²) in [5, 5.41) is 0. The molecule has 1 amide bonds. The van der Waals surface area contributed by atoms with Gasteiger partial charge in [-0.05, 0) is 49.3 Å². The molecule has 188 valence electrons. The number of rotatable bonds is 8. The van der Waals surface area contributed by atoms with Gasteiger partial charge in [0.15, 0.2) is 11.5 Å². The lowest BCUT2D eigenvalue weighted by Gasteiger charge is -2.37. The number of hydrogen-bond acceptors (Lipinski definition) is 6. The van der Waals surface area contributed by atoms with Crippen molar-refractivity contribution >= 4 is 11.7 Å². The van der Waals surface area contributed by atoms with Crippen molar-refractivity contribution in [2.45, 2.75) is 44.8 Å². The topological polar surface area (TPSA) is 68.3 Å². The number of Topliss-reactive ketones (excluding diaryl/α,β-unsaturated/α-hetero) is 1. The van der Waals surface area contributed by atoms with Crippen LogP contribution in [0, 0.1) is 11.8 Å². The Morgan fingerprint density at radius 3 is 2.80 bits per heavy atom. The predicted octanol–water partition coefficient (Wildman–Crippen LogP) is 3.52. The van der Waals surface area contributed by atoms with Gasteiger partial charge in [-0.3, -0.25) is 14.5 Å². The summed E-state index contributed by atoms with van der Waals surface area (Å²) >= 11 is 0. The van der Waals surface area contributed by atoms with Crippen LogP contribution in [-0.2, 0) is 19.1 Å². The summed E-state index contributed by atoms with van der Waals surface area (Å²) in [4.78, 5) is 31.7. The molecule has 0 bridgehead atoms. The number of fused-ring (bicyclic) bond motifs is 1. The molecule has 3 aliphatic heterocycles. The molecule has 5 rings (SSSR count). The quantitative estimate of drug-likeness (QED) is 0.531. The van der Waals surface area contributed by atoms with Crippen molar-refractivity contribution in [2.24, 2.45) is 11.8 Å². The highest BCUT2D eigenvalue weighted by Crippen LogP contribution is 2.47. The molecule has 1 aromatic carbocycles. The molecule has 4 atom stereocenters. The van der Waals surface area contributed by atoms with Crippen LogP contribution in [0.3, 0.4) is 0 Å². The first-order chi connectivity index (χ1) is 17.1. The molecule has 4 unspecified atom stereocenters. The van der Waals surface area contributed by atoms with Crippen molar-refractivity contribution < 1.29 is 23.8 Å². The minimum Gasteiger partial charge on any atom is -0.490 e. The Morgan fingerprint density at radius 1 is 1.17 bits per heavy atom. The smallest absolute Gasteiger partial charge is 0.290 e. The largest absolute Gasteiger partial charge is 0.490 e. The number of ketones is 1. The molecule has 1 saturated carbocycles. The second-order valence-corrected chi connectivity index (χ2v) is 10.2. The van der Waals surface area contributed by atoms with E-state index < -0.39 is 6.04 Å². The van der Waals surface area contributed by atoms with E-state index in [4.69, 9.17) is 14.2 Å². The van der Waals surface area contributed by atoms with Gasteiger partial charge in [-0.1, -0.05) is 31.7 Å². The van der Waals surface area contributed by atoms with E-state index >= 15 is 0 Å². The lowest BCUT2D eigenvalue weighted by atomic mass is 9.74. The maximum atomic E-state index is 13.9. The van der Waals surface area contributed by atoms with Crippen LogP contribution in [0.1, 0.15) is 44.2 Å². The number of hydrogen-bond donors (Lipinski definition) is 0. The second-order valence-electron chi connectivity index (χ2n) is 10.2. The Labute approximate surface area is 207 Å². The molecule has 35 heavy (non-hydrogen) atoms. The molecule has 0 N–H and O–H groups in total. The molecule has 2 fully saturated rings. The Kier molecular flexibility index (Phi) is 7.25. The van der Waals surface area contributed by atoms with Crippen LogP contribution >= 0.6 is 0 Å². The Balaban J connectivity index is 1.43. The van der Waals surface area contributed by atoms with Gasteiger partial charge in [0.1, 0.15) is 18.5 Å². The number of carbonyl (C=O) groups is 2. The summed E-state index contributed by atoms with van der Waals surface area (Å²) in [5.41, 5.74) is 1.42. The maximum absolute atomic E-state index is 13.9. The molecular weight excluding hydrogens is 444 g/mol. The van der Waals surface area contributed by atoms with Crippen LogP contribution in [0.4, 0.5) is 0 Å². The van der Waals surface area contributed by atoms with E-state index in [-0.39, 0.29) is 29.5 Å². The maximum Gasteiger partial charge on any atom is 0.290 e. The number of benzene rings is 1. The fraction of sp³-hybridized carbons (Fsp3) is 0.571. The number of nitrogens with zero attached hydrogens (tertiary/aromatic N) is 2. The van der Waals surface area contributed by atoms with Crippen molar-refractivity contribution in [2.75, 3.05) is 46.0 Å². The first kappa shape index (κ1) is 24.1. The van der Waals surface area contributed by atoms with Gasteiger partial charge in [-0.2, -0.15) is 0 Å². The summed E-state index contributed by atoms with van der Waals surface area (Å²) in [5.74, 6) is 1.23. The van der Waals surface area contributed by atoms with Gasteiger partial charge in [0.25, 0.3) is 5.91 Å². The fourth-order valence-corrected chi connectivity index (χ4v) is 5.92. The Hall–Kier alpha value is -2.64. The average Bonchev–Trinajstić information content (AvgIpc) is 3.16. The summed E-state index contributed by atoms with van der Waals surface area (Å²) in [6.45, 7) is 11.1. The van der Waals surface area contributed by atoms with Crippen molar-refractivity contribution in [3.8, 4) is 5.75 Å². The molecule has 0 radical (unpaired) electrons. The number of ether oxygens (including phenoxy) is 3. The first-order valence-corrected chi connectivity index (χ1v) is 13.0. The van der Waals surface area contributed by atoms with Gasteiger partial charge in [0.2, 0.25) is 0 Å². The Bertz CT molecular complexity index is 999. The standard InChI is InChI=1S/C28H36N2O5/c1-3-14-34-21-7-4-6-20(18-21)25-24-26(31)22-17-19(2)8-9-23(22)35-27(24)28(32)30(25)11-5-10-29-12-15-33-16-13-29/h3-4,6-7,18-19,22-23,25H,1,5,8-17H2,2H3. The van der Waals surface area contributed by atoms with E-state index in [0.717, 1.165) is 64.1 Å². The zero-order valence-electron chi connectivity index (χ0n) is 20.6. The number of amides is 1. The molecule has 0 spiro atoms. The van der Waals surface area contributed by atoms with Gasteiger partial charge in [0.05, 0.1) is 30.7 Å². The zero-order chi connectivity index (χ0) is 24.4. The highest BCUT2D eigenvalue weighted by atomic mass is 16.5. The first-order valence-electron chi connectivity index (χ1n) is 13.0. The summed E-state index contributed by atoms with van der Waals surface area (Å²) in [7, 11) is 0. The summed E-state index contributed by atoms with van der Waals surface area (Å²) in [6.07, 6.45) is 5.02. The van der Waals surface area contributed by atoms with Crippen molar-refractivity contribution in [3.05, 3.63) is 53.8 Å². The molecule has 4 aliphatic rings. The normalized spacial score (nSPS) is 29.0. The van der Waals surface area contributed by atoms with Gasteiger partial charge in [-0.15, -0.1) is 0 Å². The summed E-state index contributed by atoms with van der Waals surface area (Å²) < 4.78 is 17.5. The van der Waals surface area contributed by atoms with Gasteiger partial charge in [0, 0.05) is 26.2 Å². The highest BCUT2D eigenvalue weighted by Gasteiger charge is 2.52. The van der Waals surface area contributed by atoms with Gasteiger partial charge in [-0.25, -0.2) is 0 Å². The molecule has 1 aromatic rings. The monoisotopic (exact) mass is 480 g/mol. The molecular formula is C28H36N2O5. The lowest BCUT2D eigenvalue weighted by molar-refractivity contribution is -0.136. The van der Waals surface area contributed by atoms with Gasteiger partial charge < -0.3 is 19.1 Å². The minimum absolute atomic E-state index is 0.0919. The van der Waals surface area contributed by atoms with Crippen LogP contribution in [0.25, 0.3) is 0 Å². The summed E-state index contributed by atoms with van der Waals surface area (Å²) in [6, 6.07) is 7.28. The minimum atomic E-state index is -0.444. The molecule has 0 aromatic heterocycles. The molecule has 1 aliphatic carbocycles. The molecule has 7 heteroatoms. The molecule has 3 heterocycles. The second kappa shape index (κ2) is 10.5. The SMILES string of the molecule is C=CCOc1cccc(C2C3=C(OC4CCC(C)CC4C3=O)C(=O)N2CCCN2CCOCC2)c1. The third-order valence-electron chi connectivity index (χ3n) is 7.72.